The van der Waals surface area contributed by atoms with Crippen molar-refractivity contribution in [1.29, 1.82) is 0 Å². The van der Waals surface area contributed by atoms with Crippen LogP contribution in [0.2, 0.25) is 0 Å². The van der Waals surface area contributed by atoms with E-state index < -0.39 is 35.9 Å². The predicted molar refractivity (Wildman–Crippen MR) is 215 cm³/mol. The standard InChI is InChI=1S/C42H56N8O7/c1-26(2)34(46-40(53)55-8)38(51)49-23-15-20-32(49)36(43)48-42(7,29(6)57-28(5)30-17-11-10-12-18-30)22-14-13-19-31-25-44-37(45-31)33-21-16-24-50(33)39(52)35(27(3)4)47-41(54)56-9/h10-12,17-18,25-28,32-35H,6,15-16,20-21,23-24H2,1-5,7-9H3,(H2,43,48)(H,44,45)(H,46,53)(H,47,54)/t28-,32+,33+,34+,35+,42?/m1/s1. The minimum atomic E-state index is -1.38. The minimum absolute atomic E-state index is 0.157. The highest BCUT2D eigenvalue weighted by molar-refractivity contribution is 5.94. The van der Waals surface area contributed by atoms with Crippen molar-refractivity contribution < 1.29 is 33.4 Å². The van der Waals surface area contributed by atoms with Crippen LogP contribution in [0.15, 0.2) is 53.9 Å². The molecule has 4 rings (SSSR count). The van der Waals surface area contributed by atoms with Crippen LogP contribution in [0.25, 0.3) is 0 Å². The number of nitrogens with zero attached hydrogens (tertiary/aromatic N) is 4. The molecule has 6 atom stereocenters. The van der Waals surface area contributed by atoms with Gasteiger partial charge in [-0.25, -0.2) is 19.6 Å². The van der Waals surface area contributed by atoms with Crippen LogP contribution in [0.3, 0.4) is 0 Å². The predicted octanol–water partition coefficient (Wildman–Crippen LogP) is 4.59. The van der Waals surface area contributed by atoms with Gasteiger partial charge >= 0.3 is 12.2 Å². The van der Waals surface area contributed by atoms with Crippen LogP contribution in [0.4, 0.5) is 9.59 Å². The number of methoxy groups -OCH3 is 2. The number of nitrogens with two attached hydrogens (primary N) is 1. The Kier molecular flexibility index (Phi) is 15.2. The van der Waals surface area contributed by atoms with Gasteiger partial charge in [0, 0.05) is 13.1 Å². The summed E-state index contributed by atoms with van der Waals surface area (Å²) in [4.78, 5) is 67.3. The quantitative estimate of drug-likeness (QED) is 0.0974. The Morgan fingerprint density at radius 3 is 2.11 bits per heavy atom. The summed E-state index contributed by atoms with van der Waals surface area (Å²) >= 11 is 0. The van der Waals surface area contributed by atoms with E-state index in [1.165, 1.54) is 14.2 Å². The Hall–Kier alpha value is -5.96. The number of aliphatic imine (C=N–C) groups is 1. The Labute approximate surface area is 335 Å². The third-order valence-corrected chi connectivity index (χ3v) is 10.2. The number of benzene rings is 1. The smallest absolute Gasteiger partial charge is 0.407 e. The minimum Gasteiger partial charge on any atom is -0.487 e. The molecule has 0 bridgehead atoms. The highest BCUT2D eigenvalue weighted by atomic mass is 16.5. The molecule has 5 N–H and O–H groups in total. The van der Waals surface area contributed by atoms with Gasteiger partial charge in [0.05, 0.1) is 32.5 Å². The summed E-state index contributed by atoms with van der Waals surface area (Å²) in [6.45, 7) is 16.2. The fraction of sp³-hybridized carbons (Fsp3) is 0.524. The summed E-state index contributed by atoms with van der Waals surface area (Å²) in [5, 5.41) is 5.30. The van der Waals surface area contributed by atoms with Gasteiger partial charge in [-0.05, 0) is 74.7 Å². The lowest BCUT2D eigenvalue weighted by molar-refractivity contribution is -0.135. The third kappa shape index (κ3) is 11.1. The maximum atomic E-state index is 13.8. The normalized spacial score (nSPS) is 19.2. The second-order valence-corrected chi connectivity index (χ2v) is 15.0. The second-order valence-electron chi connectivity index (χ2n) is 15.0. The van der Waals surface area contributed by atoms with E-state index >= 15 is 0 Å². The summed E-state index contributed by atoms with van der Waals surface area (Å²) < 4.78 is 15.8. The largest absolute Gasteiger partial charge is 0.487 e. The van der Waals surface area contributed by atoms with Crippen molar-refractivity contribution in [2.24, 2.45) is 22.6 Å². The number of ether oxygens (including phenoxy) is 3. The summed E-state index contributed by atoms with van der Waals surface area (Å²) in [6.07, 6.45) is 2.55. The lowest BCUT2D eigenvalue weighted by Gasteiger charge is -2.32. The fourth-order valence-corrected chi connectivity index (χ4v) is 6.84. The number of likely N-dealkylation sites (tertiary alicyclic amines) is 2. The van der Waals surface area contributed by atoms with Gasteiger partial charge in [0.25, 0.3) is 0 Å². The first kappa shape index (κ1) is 43.8. The van der Waals surface area contributed by atoms with E-state index in [0.29, 0.717) is 43.9 Å². The van der Waals surface area contributed by atoms with Gasteiger partial charge < -0.3 is 45.4 Å². The van der Waals surface area contributed by atoms with Crippen LogP contribution in [0.1, 0.15) is 96.5 Å². The molecule has 306 valence electrons. The third-order valence-electron chi connectivity index (χ3n) is 10.2. The molecule has 15 heteroatoms. The average Bonchev–Trinajstić information content (AvgIpc) is 3.99. The number of rotatable bonds is 13. The molecule has 15 nitrogen and oxygen atoms in total. The van der Waals surface area contributed by atoms with Crippen molar-refractivity contribution >= 4 is 29.8 Å². The van der Waals surface area contributed by atoms with Crippen LogP contribution >= 0.6 is 0 Å². The van der Waals surface area contributed by atoms with Crippen molar-refractivity contribution in [3.63, 3.8) is 0 Å². The number of imidazole rings is 1. The van der Waals surface area contributed by atoms with Crippen LogP contribution in [-0.2, 0) is 23.8 Å². The first-order chi connectivity index (χ1) is 27.1. The summed E-state index contributed by atoms with van der Waals surface area (Å²) in [5.41, 5.74) is 6.74. The Morgan fingerprint density at radius 2 is 1.51 bits per heavy atom. The van der Waals surface area contributed by atoms with Crippen molar-refractivity contribution in [3.05, 3.63) is 65.9 Å². The Balaban J connectivity index is 1.60. The molecule has 2 aliphatic heterocycles. The van der Waals surface area contributed by atoms with E-state index in [4.69, 9.17) is 24.9 Å². The number of amides is 4. The molecule has 4 amide bonds. The van der Waals surface area contributed by atoms with Crippen molar-refractivity contribution in [2.45, 2.75) is 103 Å². The number of carbonyl (C=O) groups is 4. The number of nitrogens with one attached hydrogen (secondary N) is 3. The number of H-pyrrole nitrogens is 1. The number of alkyl carbamates (subject to hydrolysis) is 2. The number of hydrogen-bond acceptors (Lipinski definition) is 9. The second kappa shape index (κ2) is 19.8. The first-order valence-corrected chi connectivity index (χ1v) is 19.2. The zero-order chi connectivity index (χ0) is 41.9. The number of carbonyl (C=O) groups excluding carboxylic acids is 4. The summed E-state index contributed by atoms with van der Waals surface area (Å²) in [5.74, 6) is 12.0. The molecule has 2 saturated heterocycles. The van der Waals surface area contributed by atoms with Crippen molar-refractivity contribution in [1.82, 2.24) is 30.4 Å². The molecule has 1 aromatic carbocycles. The van der Waals surface area contributed by atoms with Gasteiger partial charge in [-0.1, -0.05) is 70.5 Å². The van der Waals surface area contributed by atoms with Crippen LogP contribution in [0.5, 0.6) is 0 Å². The van der Waals surface area contributed by atoms with Crippen molar-refractivity contribution in [3.8, 4) is 23.7 Å². The van der Waals surface area contributed by atoms with Gasteiger partial charge in [0.15, 0.2) is 5.54 Å². The molecule has 2 aliphatic rings. The number of amidine groups is 1. The molecule has 1 unspecified atom stereocenters. The Morgan fingerprint density at radius 1 is 0.930 bits per heavy atom. The van der Waals surface area contributed by atoms with E-state index in [1.807, 2.05) is 65.0 Å². The lowest BCUT2D eigenvalue weighted by Crippen LogP contribution is -2.55. The molecule has 0 saturated carbocycles. The molecule has 0 aliphatic carbocycles. The SMILES string of the molecule is C=C(O[C@H](C)c1ccccc1)C(C)(C#CC#Cc1cnc([C@@H]2CCCN2C(=O)[C@@H](NC(=O)OC)C(C)C)[nH]1)/N=C(\N)[C@@H]1CCCN1C(=O)[C@@H](NC(=O)OC)C(C)C. The zero-order valence-corrected chi connectivity index (χ0v) is 34.2. The highest BCUT2D eigenvalue weighted by Gasteiger charge is 2.40. The maximum absolute atomic E-state index is 13.8. The van der Waals surface area contributed by atoms with E-state index in [1.54, 1.807) is 22.9 Å². The van der Waals surface area contributed by atoms with Crippen LogP contribution < -0.4 is 16.4 Å². The number of hydrogen-bond donors (Lipinski definition) is 4. The molecule has 3 heterocycles. The number of aromatic amines is 1. The molecule has 57 heavy (non-hydrogen) atoms. The molecule has 0 radical (unpaired) electrons. The van der Waals surface area contributed by atoms with Gasteiger partial charge in [-0.2, -0.15) is 0 Å². The molecule has 2 aromatic rings. The average molecular weight is 785 g/mol. The maximum Gasteiger partial charge on any atom is 0.407 e. The van der Waals surface area contributed by atoms with E-state index in [2.05, 4.69) is 50.9 Å². The van der Waals surface area contributed by atoms with Gasteiger partial charge in [0.2, 0.25) is 11.8 Å². The fourth-order valence-electron chi connectivity index (χ4n) is 6.84. The monoisotopic (exact) mass is 784 g/mol. The molecule has 1 aromatic heterocycles. The van der Waals surface area contributed by atoms with E-state index in [0.717, 1.165) is 12.0 Å². The first-order valence-electron chi connectivity index (χ1n) is 19.2. The van der Waals surface area contributed by atoms with Crippen LogP contribution in [-0.4, -0.2) is 101 Å². The summed E-state index contributed by atoms with van der Waals surface area (Å²) in [7, 11) is 2.51. The Bertz CT molecular complexity index is 1920. The van der Waals surface area contributed by atoms with Gasteiger partial charge in [-0.15, -0.1) is 0 Å². The molecular weight excluding hydrogens is 729 g/mol. The summed E-state index contributed by atoms with van der Waals surface area (Å²) in [6, 6.07) is 7.20. The lowest BCUT2D eigenvalue weighted by atomic mass is 10.00. The van der Waals surface area contributed by atoms with E-state index in [9.17, 15) is 19.2 Å². The zero-order valence-electron chi connectivity index (χ0n) is 34.2. The van der Waals surface area contributed by atoms with Crippen molar-refractivity contribution in [2.75, 3.05) is 27.3 Å². The van der Waals surface area contributed by atoms with Gasteiger partial charge in [-0.3, -0.25) is 9.59 Å². The molecular formula is C42H56N8O7. The van der Waals surface area contributed by atoms with E-state index in [-0.39, 0.29) is 47.4 Å². The number of aromatic nitrogens is 2. The molecule has 2 fully saturated rings. The molecule has 0 spiro atoms. The topological polar surface area (TPSA) is 194 Å². The highest BCUT2D eigenvalue weighted by Crippen LogP contribution is 2.32. The van der Waals surface area contributed by atoms with Gasteiger partial charge in [0.1, 0.15) is 41.3 Å². The van der Waals surface area contributed by atoms with Crippen LogP contribution in [0, 0.1) is 35.5 Å².